The molecule has 6 nitrogen and oxygen atoms in total. The van der Waals surface area contributed by atoms with E-state index < -0.39 is 6.10 Å². The Balaban J connectivity index is 1.41. The van der Waals surface area contributed by atoms with Gasteiger partial charge in [0.2, 0.25) is 0 Å². The average Bonchev–Trinajstić information content (AvgIpc) is 3.28. The summed E-state index contributed by atoms with van der Waals surface area (Å²) in [6.45, 7) is 0.246. The summed E-state index contributed by atoms with van der Waals surface area (Å²) < 4.78 is 5.43. The van der Waals surface area contributed by atoms with Crippen LogP contribution < -0.4 is 10.1 Å². The Morgan fingerprint density at radius 1 is 1.41 bits per heavy atom. The highest BCUT2D eigenvalue weighted by Crippen LogP contribution is 2.38. The molecule has 6 heteroatoms. The van der Waals surface area contributed by atoms with E-state index in [1.165, 1.54) is 0 Å². The van der Waals surface area contributed by atoms with E-state index in [4.69, 9.17) is 4.74 Å². The lowest BCUT2D eigenvalue weighted by molar-refractivity contribution is 0.0840. The molecule has 1 aromatic carbocycles. The predicted molar refractivity (Wildman–Crippen MR) is 80.8 cm³/mol. The fraction of sp³-hybridized carbons (Fsp3) is 0.375. The zero-order chi connectivity index (χ0) is 15.4. The molecule has 1 atom stereocenters. The molecule has 1 aromatic heterocycles. The number of hydrogen-bond acceptors (Lipinski definition) is 4. The summed E-state index contributed by atoms with van der Waals surface area (Å²) in [7, 11) is 0. The number of hydrogen-bond donors (Lipinski definition) is 3. The molecule has 3 N–H and O–H groups in total. The maximum Gasteiger partial charge on any atom is 0.271 e. The third-order valence-electron chi connectivity index (χ3n) is 3.53. The highest BCUT2D eigenvalue weighted by atomic mass is 16.5. The van der Waals surface area contributed by atoms with Gasteiger partial charge in [0, 0.05) is 18.2 Å². The molecular formula is C16H19N3O3. The van der Waals surface area contributed by atoms with Gasteiger partial charge in [-0.2, -0.15) is 5.10 Å². The third kappa shape index (κ3) is 3.85. The number of nitrogens with zero attached hydrogens (tertiary/aromatic N) is 1. The van der Waals surface area contributed by atoms with E-state index in [0.717, 1.165) is 18.5 Å². The standard InChI is InChI=1S/C16H19N3O3/c20-12(10-22-13-4-2-1-3-5-13)9-17-16(21)15-8-14(18-19-15)11-6-7-11/h1-5,8,11-12,20H,6-7,9-10H2,(H,17,21)(H,18,19)/t12-/m1/s1. The van der Waals surface area contributed by atoms with Crippen molar-refractivity contribution in [2.75, 3.05) is 13.2 Å². The third-order valence-corrected chi connectivity index (χ3v) is 3.53. The zero-order valence-corrected chi connectivity index (χ0v) is 12.2. The summed E-state index contributed by atoms with van der Waals surface area (Å²) in [5, 5.41) is 19.4. The summed E-state index contributed by atoms with van der Waals surface area (Å²) in [5.41, 5.74) is 1.37. The van der Waals surface area contributed by atoms with Gasteiger partial charge in [-0.3, -0.25) is 9.89 Å². The van der Waals surface area contributed by atoms with Crippen molar-refractivity contribution in [3.05, 3.63) is 47.8 Å². The van der Waals surface area contributed by atoms with Crippen LogP contribution in [0.3, 0.4) is 0 Å². The quantitative estimate of drug-likeness (QED) is 0.722. The summed E-state index contributed by atoms with van der Waals surface area (Å²) in [6.07, 6.45) is 1.53. The molecular weight excluding hydrogens is 282 g/mol. The first-order chi connectivity index (χ1) is 10.7. The molecule has 1 aliphatic carbocycles. The normalized spacial score (nSPS) is 15.3. The summed E-state index contributed by atoms with van der Waals surface area (Å²) in [4.78, 5) is 11.9. The Bertz CT molecular complexity index is 623. The second-order valence-corrected chi connectivity index (χ2v) is 5.47. The first kappa shape index (κ1) is 14.6. The summed E-state index contributed by atoms with van der Waals surface area (Å²) >= 11 is 0. The maximum absolute atomic E-state index is 11.9. The minimum Gasteiger partial charge on any atom is -0.491 e. The second kappa shape index (κ2) is 6.62. The summed E-state index contributed by atoms with van der Waals surface area (Å²) in [5.74, 6) is 0.926. The number of aliphatic hydroxyl groups excluding tert-OH is 1. The SMILES string of the molecule is O=C(NC[C@@H](O)COc1ccccc1)c1cc(C2CC2)[nH]n1. The van der Waals surface area contributed by atoms with Gasteiger partial charge in [0.25, 0.3) is 5.91 Å². The highest BCUT2D eigenvalue weighted by Gasteiger charge is 2.26. The zero-order valence-electron chi connectivity index (χ0n) is 12.2. The molecule has 1 heterocycles. The Kier molecular flexibility index (Phi) is 4.39. The number of aromatic nitrogens is 2. The molecule has 0 saturated heterocycles. The van der Waals surface area contributed by atoms with Crippen LogP contribution in [0.25, 0.3) is 0 Å². The van der Waals surface area contributed by atoms with Crippen LogP contribution in [-0.2, 0) is 0 Å². The van der Waals surface area contributed by atoms with Gasteiger partial charge in [0.15, 0.2) is 0 Å². The van der Waals surface area contributed by atoms with Crippen molar-refractivity contribution in [2.24, 2.45) is 0 Å². The van der Waals surface area contributed by atoms with Crippen LogP contribution in [0.1, 0.15) is 34.9 Å². The van der Waals surface area contributed by atoms with E-state index in [1.807, 2.05) is 30.3 Å². The fourth-order valence-corrected chi connectivity index (χ4v) is 2.13. The van der Waals surface area contributed by atoms with Crippen LogP contribution in [0.15, 0.2) is 36.4 Å². The van der Waals surface area contributed by atoms with Crippen LogP contribution >= 0.6 is 0 Å². The number of aliphatic hydroxyl groups is 1. The van der Waals surface area contributed by atoms with E-state index >= 15 is 0 Å². The van der Waals surface area contributed by atoms with Crippen molar-refractivity contribution in [1.29, 1.82) is 0 Å². The van der Waals surface area contributed by atoms with Crippen LogP contribution in [0, 0.1) is 0 Å². The molecule has 0 radical (unpaired) electrons. The number of aromatic amines is 1. The highest BCUT2D eigenvalue weighted by molar-refractivity contribution is 5.92. The topological polar surface area (TPSA) is 87.2 Å². The van der Waals surface area contributed by atoms with Crippen LogP contribution in [0.5, 0.6) is 5.75 Å². The summed E-state index contributed by atoms with van der Waals surface area (Å²) in [6, 6.07) is 11.0. The minimum absolute atomic E-state index is 0.122. The van der Waals surface area contributed by atoms with Crippen LogP contribution in [-0.4, -0.2) is 40.5 Å². The number of carbonyl (C=O) groups is 1. The number of H-pyrrole nitrogens is 1. The lowest BCUT2D eigenvalue weighted by Gasteiger charge is -2.12. The molecule has 0 unspecified atom stereocenters. The van der Waals surface area contributed by atoms with Crippen molar-refractivity contribution in [3.8, 4) is 5.75 Å². The monoisotopic (exact) mass is 301 g/mol. The van der Waals surface area contributed by atoms with Gasteiger partial charge in [0.05, 0.1) is 0 Å². The van der Waals surface area contributed by atoms with Gasteiger partial charge < -0.3 is 15.2 Å². The molecule has 1 saturated carbocycles. The molecule has 3 rings (SSSR count). The van der Waals surface area contributed by atoms with Crippen LogP contribution in [0.4, 0.5) is 0 Å². The molecule has 1 aliphatic rings. The van der Waals surface area contributed by atoms with E-state index in [9.17, 15) is 9.90 Å². The smallest absolute Gasteiger partial charge is 0.271 e. The Labute approximate surface area is 128 Å². The average molecular weight is 301 g/mol. The van der Waals surface area contributed by atoms with Crippen molar-refractivity contribution in [2.45, 2.75) is 24.9 Å². The molecule has 116 valence electrons. The number of rotatable bonds is 7. The number of amides is 1. The first-order valence-corrected chi connectivity index (χ1v) is 7.42. The minimum atomic E-state index is -0.772. The molecule has 0 spiro atoms. The number of carbonyl (C=O) groups excluding carboxylic acids is 1. The van der Waals surface area contributed by atoms with Gasteiger partial charge in [-0.05, 0) is 31.0 Å². The van der Waals surface area contributed by atoms with E-state index in [2.05, 4.69) is 15.5 Å². The number of para-hydroxylation sites is 1. The van der Waals surface area contributed by atoms with Crippen molar-refractivity contribution in [3.63, 3.8) is 0 Å². The predicted octanol–water partition coefficient (Wildman–Crippen LogP) is 1.46. The number of ether oxygens (including phenoxy) is 1. The molecule has 0 bridgehead atoms. The first-order valence-electron chi connectivity index (χ1n) is 7.42. The Morgan fingerprint density at radius 3 is 2.91 bits per heavy atom. The lowest BCUT2D eigenvalue weighted by atomic mass is 10.2. The molecule has 22 heavy (non-hydrogen) atoms. The van der Waals surface area contributed by atoms with E-state index in [1.54, 1.807) is 6.07 Å². The van der Waals surface area contributed by atoms with Gasteiger partial charge >= 0.3 is 0 Å². The molecule has 1 amide bonds. The van der Waals surface area contributed by atoms with Crippen LogP contribution in [0.2, 0.25) is 0 Å². The Morgan fingerprint density at radius 2 is 2.18 bits per heavy atom. The maximum atomic E-state index is 11.9. The number of benzene rings is 1. The fourth-order valence-electron chi connectivity index (χ4n) is 2.13. The van der Waals surface area contributed by atoms with Gasteiger partial charge in [-0.15, -0.1) is 0 Å². The van der Waals surface area contributed by atoms with Crippen molar-refractivity contribution >= 4 is 5.91 Å². The van der Waals surface area contributed by atoms with Crippen molar-refractivity contribution in [1.82, 2.24) is 15.5 Å². The molecule has 0 aliphatic heterocycles. The molecule has 2 aromatic rings. The van der Waals surface area contributed by atoms with Gasteiger partial charge in [-0.1, -0.05) is 18.2 Å². The van der Waals surface area contributed by atoms with E-state index in [0.29, 0.717) is 17.4 Å². The van der Waals surface area contributed by atoms with Gasteiger partial charge in [0.1, 0.15) is 24.2 Å². The number of nitrogens with one attached hydrogen (secondary N) is 2. The van der Waals surface area contributed by atoms with Gasteiger partial charge in [-0.25, -0.2) is 0 Å². The second-order valence-electron chi connectivity index (χ2n) is 5.47. The largest absolute Gasteiger partial charge is 0.491 e. The van der Waals surface area contributed by atoms with E-state index in [-0.39, 0.29) is 19.1 Å². The molecule has 1 fully saturated rings. The van der Waals surface area contributed by atoms with Crippen molar-refractivity contribution < 1.29 is 14.6 Å². The lowest BCUT2D eigenvalue weighted by Crippen LogP contribution is -2.35. The Hall–Kier alpha value is -2.34.